The Labute approximate surface area is 167 Å². The minimum Gasteiger partial charge on any atom is -0.494 e. The molecule has 0 saturated heterocycles. The maximum absolute atomic E-state index is 12.2. The van der Waals surface area contributed by atoms with Crippen LogP contribution in [-0.2, 0) is 4.79 Å². The Hall–Kier alpha value is -3.88. The second-order valence-electron chi connectivity index (χ2n) is 5.99. The molecule has 0 bridgehead atoms. The van der Waals surface area contributed by atoms with Gasteiger partial charge in [-0.25, -0.2) is 9.67 Å². The highest BCUT2D eigenvalue weighted by Crippen LogP contribution is 2.18. The topological polar surface area (TPSA) is 107 Å². The zero-order valence-electron chi connectivity index (χ0n) is 16.0. The fraction of sp³-hybridized carbons (Fsp3) is 0.200. The second-order valence-corrected chi connectivity index (χ2v) is 5.99. The summed E-state index contributed by atoms with van der Waals surface area (Å²) < 4.78 is 12.5. The second kappa shape index (κ2) is 9.36. The van der Waals surface area contributed by atoms with Crippen LogP contribution >= 0.6 is 0 Å². The van der Waals surface area contributed by atoms with Crippen molar-refractivity contribution in [2.45, 2.75) is 20.0 Å². The lowest BCUT2D eigenvalue weighted by Crippen LogP contribution is -2.47. The molecule has 9 nitrogen and oxygen atoms in total. The van der Waals surface area contributed by atoms with E-state index in [1.54, 1.807) is 66.5 Å². The van der Waals surface area contributed by atoms with Crippen LogP contribution in [0, 0.1) is 0 Å². The van der Waals surface area contributed by atoms with Crippen LogP contribution in [0.5, 0.6) is 11.5 Å². The zero-order valence-corrected chi connectivity index (χ0v) is 16.0. The summed E-state index contributed by atoms with van der Waals surface area (Å²) in [7, 11) is 0. The number of hydrazine groups is 1. The molecule has 0 aliphatic carbocycles. The van der Waals surface area contributed by atoms with Gasteiger partial charge in [0, 0.05) is 5.56 Å². The van der Waals surface area contributed by atoms with Crippen molar-refractivity contribution in [3.8, 4) is 17.2 Å². The molecule has 0 spiro atoms. The summed E-state index contributed by atoms with van der Waals surface area (Å²) in [5, 5.41) is 4.02. The lowest BCUT2D eigenvalue weighted by atomic mass is 10.2. The van der Waals surface area contributed by atoms with E-state index in [0.717, 1.165) is 11.4 Å². The molecule has 0 saturated carbocycles. The summed E-state index contributed by atoms with van der Waals surface area (Å²) in [6, 6.07) is 13.6. The van der Waals surface area contributed by atoms with E-state index in [4.69, 9.17) is 9.47 Å². The largest absolute Gasteiger partial charge is 0.494 e. The van der Waals surface area contributed by atoms with Crippen molar-refractivity contribution in [1.29, 1.82) is 0 Å². The number of aromatic nitrogens is 3. The molecule has 0 aliphatic rings. The van der Waals surface area contributed by atoms with Gasteiger partial charge in [0.1, 0.15) is 24.2 Å². The number of benzene rings is 2. The van der Waals surface area contributed by atoms with Crippen molar-refractivity contribution >= 4 is 11.8 Å². The predicted molar refractivity (Wildman–Crippen MR) is 105 cm³/mol. The van der Waals surface area contributed by atoms with Gasteiger partial charge in [0.25, 0.3) is 11.8 Å². The predicted octanol–water partition coefficient (Wildman–Crippen LogP) is 1.89. The van der Waals surface area contributed by atoms with Crippen molar-refractivity contribution in [3.05, 3.63) is 66.7 Å². The number of carbonyl (C=O) groups excluding carboxylic acids is 2. The highest BCUT2D eigenvalue weighted by atomic mass is 16.5. The van der Waals surface area contributed by atoms with E-state index in [2.05, 4.69) is 20.9 Å². The van der Waals surface area contributed by atoms with Crippen molar-refractivity contribution in [3.63, 3.8) is 0 Å². The van der Waals surface area contributed by atoms with E-state index in [0.29, 0.717) is 17.9 Å². The Morgan fingerprint density at radius 1 is 1.03 bits per heavy atom. The van der Waals surface area contributed by atoms with Gasteiger partial charge in [-0.1, -0.05) is 0 Å². The van der Waals surface area contributed by atoms with E-state index < -0.39 is 17.9 Å². The fourth-order valence-electron chi connectivity index (χ4n) is 2.44. The molecule has 3 rings (SSSR count). The summed E-state index contributed by atoms with van der Waals surface area (Å²) >= 11 is 0. The molecule has 150 valence electrons. The van der Waals surface area contributed by atoms with Crippen molar-refractivity contribution in [2.24, 2.45) is 0 Å². The summed E-state index contributed by atoms with van der Waals surface area (Å²) in [5.74, 6) is 0.313. The van der Waals surface area contributed by atoms with Gasteiger partial charge in [-0.05, 0) is 62.4 Å². The molecular formula is C20H21N5O4. The Bertz CT molecular complexity index is 940. The molecule has 0 radical (unpaired) electrons. The average molecular weight is 395 g/mol. The molecule has 2 aromatic carbocycles. The highest BCUT2D eigenvalue weighted by Gasteiger charge is 2.16. The Morgan fingerprint density at radius 3 is 2.34 bits per heavy atom. The Kier molecular flexibility index (Phi) is 6.41. The molecule has 1 aromatic heterocycles. The third-order valence-electron chi connectivity index (χ3n) is 3.93. The van der Waals surface area contributed by atoms with Gasteiger partial charge in [0.15, 0.2) is 6.10 Å². The monoisotopic (exact) mass is 395 g/mol. The van der Waals surface area contributed by atoms with Gasteiger partial charge in [-0.15, -0.1) is 0 Å². The molecule has 2 N–H and O–H groups in total. The van der Waals surface area contributed by atoms with Crippen LogP contribution in [0.1, 0.15) is 24.2 Å². The number of ether oxygens (including phenoxy) is 2. The molecule has 1 unspecified atom stereocenters. The number of nitrogens with one attached hydrogen (secondary N) is 2. The van der Waals surface area contributed by atoms with E-state index in [1.165, 1.54) is 6.33 Å². The summed E-state index contributed by atoms with van der Waals surface area (Å²) in [5.41, 5.74) is 5.88. The van der Waals surface area contributed by atoms with Crippen molar-refractivity contribution in [2.75, 3.05) is 6.61 Å². The molecule has 1 heterocycles. The van der Waals surface area contributed by atoms with Gasteiger partial charge in [0.05, 0.1) is 12.3 Å². The highest BCUT2D eigenvalue weighted by molar-refractivity contribution is 5.95. The molecule has 29 heavy (non-hydrogen) atoms. The molecule has 0 fully saturated rings. The van der Waals surface area contributed by atoms with Crippen LogP contribution in [0.15, 0.2) is 61.2 Å². The minimum absolute atomic E-state index is 0.384. The lowest BCUT2D eigenvalue weighted by Gasteiger charge is -2.15. The molecular weight excluding hydrogens is 374 g/mol. The quantitative estimate of drug-likeness (QED) is 0.592. The van der Waals surface area contributed by atoms with Gasteiger partial charge < -0.3 is 9.47 Å². The van der Waals surface area contributed by atoms with Crippen molar-refractivity contribution in [1.82, 2.24) is 25.6 Å². The number of hydrogen-bond donors (Lipinski definition) is 2. The molecule has 3 aromatic rings. The lowest BCUT2D eigenvalue weighted by molar-refractivity contribution is -0.128. The standard InChI is InChI=1S/C20H21N5O4/c1-3-28-17-8-10-18(11-9-17)29-14(2)19(26)23-24-20(27)15-4-6-16(7-5-15)25-13-21-12-22-25/h4-14H,3H2,1-2H3,(H,23,26)(H,24,27). The molecule has 1 atom stereocenters. The van der Waals surface area contributed by atoms with Gasteiger partial charge in [-0.2, -0.15) is 5.10 Å². The van der Waals surface area contributed by atoms with Crippen LogP contribution in [0.4, 0.5) is 0 Å². The van der Waals surface area contributed by atoms with Crippen LogP contribution in [0.3, 0.4) is 0 Å². The van der Waals surface area contributed by atoms with Crippen LogP contribution < -0.4 is 20.3 Å². The normalized spacial score (nSPS) is 11.4. The summed E-state index contributed by atoms with van der Waals surface area (Å²) in [6.07, 6.45) is 2.18. The van der Waals surface area contributed by atoms with Crippen LogP contribution in [0.2, 0.25) is 0 Å². The smallest absolute Gasteiger partial charge is 0.279 e. The first kappa shape index (κ1) is 19.9. The maximum Gasteiger partial charge on any atom is 0.279 e. The number of hydrogen-bond acceptors (Lipinski definition) is 6. The molecule has 2 amide bonds. The number of nitrogens with zero attached hydrogens (tertiary/aromatic N) is 3. The molecule has 9 heteroatoms. The summed E-state index contributed by atoms with van der Waals surface area (Å²) in [6.45, 7) is 4.06. The number of amides is 2. The van der Waals surface area contributed by atoms with Crippen LogP contribution in [0.25, 0.3) is 5.69 Å². The van der Waals surface area contributed by atoms with E-state index in [1.807, 2.05) is 6.92 Å². The first-order chi connectivity index (χ1) is 14.1. The molecule has 0 aliphatic heterocycles. The third kappa shape index (κ3) is 5.32. The Morgan fingerprint density at radius 2 is 1.72 bits per heavy atom. The maximum atomic E-state index is 12.2. The van der Waals surface area contributed by atoms with E-state index in [-0.39, 0.29) is 0 Å². The number of carbonyl (C=O) groups is 2. The first-order valence-corrected chi connectivity index (χ1v) is 9.01. The summed E-state index contributed by atoms with van der Waals surface area (Å²) in [4.78, 5) is 28.3. The SMILES string of the molecule is CCOc1ccc(OC(C)C(=O)NNC(=O)c2ccc(-n3cncn3)cc2)cc1. The third-order valence-corrected chi connectivity index (χ3v) is 3.93. The van der Waals surface area contributed by atoms with Gasteiger partial charge in [0.2, 0.25) is 0 Å². The number of rotatable bonds is 7. The zero-order chi connectivity index (χ0) is 20.6. The van der Waals surface area contributed by atoms with E-state index >= 15 is 0 Å². The average Bonchev–Trinajstić information content (AvgIpc) is 3.28. The minimum atomic E-state index is -0.803. The Balaban J connectivity index is 1.49. The van der Waals surface area contributed by atoms with Gasteiger partial charge in [-0.3, -0.25) is 20.4 Å². The van der Waals surface area contributed by atoms with E-state index in [9.17, 15) is 9.59 Å². The van der Waals surface area contributed by atoms with Gasteiger partial charge >= 0.3 is 0 Å². The fourth-order valence-corrected chi connectivity index (χ4v) is 2.44. The first-order valence-electron chi connectivity index (χ1n) is 9.01. The van der Waals surface area contributed by atoms with Crippen LogP contribution in [-0.4, -0.2) is 39.3 Å². The van der Waals surface area contributed by atoms with Crippen molar-refractivity contribution < 1.29 is 19.1 Å².